The van der Waals surface area contributed by atoms with E-state index in [1.807, 2.05) is 0 Å². The molecule has 0 aliphatic heterocycles. The molecule has 6 heteroatoms. The summed E-state index contributed by atoms with van der Waals surface area (Å²) in [6.45, 7) is 0. The van der Waals surface area contributed by atoms with Crippen LogP contribution in [0.1, 0.15) is 0 Å². The minimum atomic E-state index is -4.13. The average Bonchev–Trinajstić information content (AvgIpc) is 1.86. The maximum absolute atomic E-state index is 10.4. The molecule has 0 aromatic heterocycles. The topological polar surface area (TPSA) is 74.6 Å². The van der Waals surface area contributed by atoms with Crippen LogP contribution in [0.25, 0.3) is 0 Å². The molecule has 2 N–H and O–H groups in total. The minimum Gasteiger partial charge on any atom is -0.508 e. The zero-order valence-corrected chi connectivity index (χ0v) is 7.80. The van der Waals surface area contributed by atoms with Crippen molar-refractivity contribution in [2.24, 2.45) is 0 Å². The van der Waals surface area contributed by atoms with Crippen LogP contribution in [0.5, 0.6) is 5.75 Å². The first-order valence-electron chi connectivity index (χ1n) is 2.77. The molecule has 0 spiro atoms. The summed E-state index contributed by atoms with van der Waals surface area (Å²) in [5, 5.41) is 8.75. The third-order valence-corrected chi connectivity index (χ3v) is 2.00. The van der Waals surface area contributed by atoms with Crippen LogP contribution in [0.3, 0.4) is 0 Å². The molecule has 0 saturated carbocycles. The maximum atomic E-state index is 10.4. The van der Waals surface area contributed by atoms with Crippen LogP contribution in [-0.2, 0) is 27.2 Å². The molecule has 0 bridgehead atoms. The van der Waals surface area contributed by atoms with E-state index in [2.05, 4.69) is 0 Å². The molecule has 0 unspecified atom stereocenters. The van der Waals surface area contributed by atoms with Gasteiger partial charge in [0.2, 0.25) is 0 Å². The Hall–Kier alpha value is -0.551. The summed E-state index contributed by atoms with van der Waals surface area (Å²) in [5.74, 6) is -0.0441. The number of hydrogen-bond donors (Lipinski definition) is 2. The fourth-order valence-electron chi connectivity index (χ4n) is 0.618. The molecule has 0 saturated heterocycles. The number of hydrogen-bond acceptors (Lipinski definition) is 3. The molecule has 0 fully saturated rings. The molecule has 0 aliphatic carbocycles. The largest absolute Gasteiger partial charge is 0.508 e. The number of rotatable bonds is 1. The van der Waals surface area contributed by atoms with Gasteiger partial charge < -0.3 is 5.11 Å². The van der Waals surface area contributed by atoms with Crippen LogP contribution < -0.4 is 0 Å². The Morgan fingerprint density at radius 3 is 1.83 bits per heavy atom. The minimum absolute atomic E-state index is 0. The van der Waals surface area contributed by atoms with Gasteiger partial charge in [0, 0.05) is 17.1 Å². The predicted octanol–water partition coefficient (Wildman–Crippen LogP) is 0.636. The van der Waals surface area contributed by atoms with Gasteiger partial charge in [-0.1, -0.05) is 0 Å². The van der Waals surface area contributed by atoms with Crippen molar-refractivity contribution in [3.8, 4) is 5.75 Å². The van der Waals surface area contributed by atoms with E-state index < -0.39 is 10.1 Å². The first-order chi connectivity index (χ1) is 5.00. The monoisotopic (exact) mass is 229 g/mol. The molecule has 12 heavy (non-hydrogen) atoms. The van der Waals surface area contributed by atoms with Crippen molar-refractivity contribution in [3.05, 3.63) is 24.3 Å². The van der Waals surface area contributed by atoms with Gasteiger partial charge in [-0.3, -0.25) is 4.55 Å². The molecule has 1 rings (SSSR count). The first kappa shape index (κ1) is 11.4. The summed E-state index contributed by atoms with van der Waals surface area (Å²) >= 11 is 0. The van der Waals surface area contributed by atoms with Gasteiger partial charge in [-0.15, -0.1) is 0 Å². The Kier molecular flexibility index (Phi) is 3.73. The van der Waals surface area contributed by atoms with E-state index in [1.54, 1.807) is 0 Å². The molecule has 4 nitrogen and oxygen atoms in total. The van der Waals surface area contributed by atoms with Crippen LogP contribution in [0.4, 0.5) is 0 Å². The van der Waals surface area contributed by atoms with E-state index in [0.29, 0.717) is 0 Å². The quantitative estimate of drug-likeness (QED) is 0.547. The Morgan fingerprint density at radius 1 is 1.08 bits per heavy atom. The summed E-state index contributed by atoms with van der Waals surface area (Å²) in [7, 11) is -4.13. The summed E-state index contributed by atoms with van der Waals surface area (Å²) in [5.41, 5.74) is 0. The molecular weight excluding hydrogens is 223 g/mol. The summed E-state index contributed by atoms with van der Waals surface area (Å²) in [6.07, 6.45) is 0. The molecule has 0 atom stereocenters. The Balaban J connectivity index is 0.00000121. The fourth-order valence-corrected chi connectivity index (χ4v) is 1.10. The van der Waals surface area contributed by atoms with Crippen molar-refractivity contribution in [2.75, 3.05) is 0 Å². The van der Waals surface area contributed by atoms with Crippen molar-refractivity contribution in [1.29, 1.82) is 0 Å². The fraction of sp³-hybridized carbons (Fsp3) is 0. The molecule has 0 aliphatic rings. The first-order valence-corrected chi connectivity index (χ1v) is 4.21. The summed E-state index contributed by atoms with van der Waals surface area (Å²) in [4.78, 5) is -0.227. The number of aromatic hydroxyl groups is 1. The standard InChI is InChI=1S/C6H6O4S.Mn/c7-5-1-3-6(4-2-5)11(8,9)10;/h1-4,7H,(H,8,9,10);. The van der Waals surface area contributed by atoms with Crippen molar-refractivity contribution >= 4 is 10.1 Å². The molecule has 1 aromatic rings. The van der Waals surface area contributed by atoms with Crippen molar-refractivity contribution in [3.63, 3.8) is 0 Å². The molecule has 67 valence electrons. The van der Waals surface area contributed by atoms with Crippen molar-refractivity contribution in [1.82, 2.24) is 0 Å². The van der Waals surface area contributed by atoms with Gasteiger partial charge in [-0.2, -0.15) is 8.42 Å². The molecular formula is C6H6MnO4S. The number of phenolic OH excluding ortho intramolecular Hbond substituents is 1. The summed E-state index contributed by atoms with van der Waals surface area (Å²) < 4.78 is 29.3. The predicted molar refractivity (Wildman–Crippen MR) is 37.9 cm³/mol. The molecule has 0 heterocycles. The van der Waals surface area contributed by atoms with Gasteiger partial charge in [-0.05, 0) is 24.3 Å². The number of benzene rings is 1. The molecule has 1 aromatic carbocycles. The van der Waals surface area contributed by atoms with Gasteiger partial charge in [0.1, 0.15) is 5.75 Å². The van der Waals surface area contributed by atoms with Gasteiger partial charge in [0.15, 0.2) is 0 Å². The van der Waals surface area contributed by atoms with Crippen LogP contribution in [-0.4, -0.2) is 18.1 Å². The zero-order chi connectivity index (χ0) is 8.48. The van der Waals surface area contributed by atoms with E-state index in [9.17, 15) is 8.42 Å². The second-order valence-electron chi connectivity index (χ2n) is 1.97. The maximum Gasteiger partial charge on any atom is 0.294 e. The van der Waals surface area contributed by atoms with Crippen LogP contribution >= 0.6 is 0 Å². The molecule has 1 radical (unpaired) electrons. The van der Waals surface area contributed by atoms with Crippen molar-refractivity contribution < 1.29 is 35.1 Å². The summed E-state index contributed by atoms with van der Waals surface area (Å²) in [6, 6.07) is 4.60. The third-order valence-electron chi connectivity index (χ3n) is 1.13. The Morgan fingerprint density at radius 2 is 1.50 bits per heavy atom. The second-order valence-corrected chi connectivity index (χ2v) is 3.39. The smallest absolute Gasteiger partial charge is 0.294 e. The Bertz CT molecular complexity index is 342. The number of phenols is 1. The van der Waals surface area contributed by atoms with E-state index >= 15 is 0 Å². The van der Waals surface area contributed by atoms with E-state index in [-0.39, 0.29) is 27.7 Å². The Labute approximate surface area is 80.4 Å². The molecule has 0 amide bonds. The SMILES string of the molecule is O=S(=O)(O)c1ccc(O)cc1.[Mn]. The van der Waals surface area contributed by atoms with Crippen LogP contribution in [0, 0.1) is 0 Å². The zero-order valence-electron chi connectivity index (χ0n) is 5.81. The van der Waals surface area contributed by atoms with E-state index in [0.717, 1.165) is 12.1 Å². The second kappa shape index (κ2) is 3.91. The van der Waals surface area contributed by atoms with Gasteiger partial charge in [0.25, 0.3) is 10.1 Å². The van der Waals surface area contributed by atoms with E-state index in [4.69, 9.17) is 9.66 Å². The van der Waals surface area contributed by atoms with Crippen molar-refractivity contribution in [2.45, 2.75) is 4.90 Å². The van der Waals surface area contributed by atoms with Gasteiger partial charge in [0.05, 0.1) is 4.90 Å². The third kappa shape index (κ3) is 2.83. The van der Waals surface area contributed by atoms with Crippen LogP contribution in [0.15, 0.2) is 29.2 Å². The van der Waals surface area contributed by atoms with Gasteiger partial charge in [-0.25, -0.2) is 0 Å². The van der Waals surface area contributed by atoms with E-state index in [1.165, 1.54) is 12.1 Å². The average molecular weight is 229 g/mol. The van der Waals surface area contributed by atoms with Gasteiger partial charge >= 0.3 is 0 Å². The normalized spacial score (nSPS) is 10.4. The van der Waals surface area contributed by atoms with Crippen LogP contribution in [0.2, 0.25) is 0 Å².